The Balaban J connectivity index is 1.88. The molecule has 0 saturated carbocycles. The number of nitrogens with one attached hydrogen (secondary N) is 1. The van der Waals surface area contributed by atoms with Gasteiger partial charge in [0.2, 0.25) is 0 Å². The molecule has 2 aromatic rings. The molecular weight excluding hydrogens is 338 g/mol. The van der Waals surface area contributed by atoms with Crippen LogP contribution in [0.25, 0.3) is 0 Å². The van der Waals surface area contributed by atoms with Gasteiger partial charge in [0.25, 0.3) is 5.91 Å². The standard InChI is InChI=1S/C23H31NO3/c1-4-5-6-9-16-26-22-11-8-7-10-21(22)23(25)24-17-19-12-14-20(15-13-19)27-18(2)3/h7-8,10-15,18H,4-6,9,16-17H2,1-3H3,(H,24,25). The van der Waals surface area contributed by atoms with Crippen LogP contribution < -0.4 is 14.8 Å². The Kier molecular flexibility index (Phi) is 8.69. The number of ether oxygens (including phenoxy) is 2. The van der Waals surface area contributed by atoms with Gasteiger partial charge < -0.3 is 14.8 Å². The van der Waals surface area contributed by atoms with Gasteiger partial charge in [0.1, 0.15) is 11.5 Å². The number of amides is 1. The molecule has 146 valence electrons. The molecule has 1 amide bonds. The van der Waals surface area contributed by atoms with Crippen molar-refractivity contribution >= 4 is 5.91 Å². The SMILES string of the molecule is CCCCCCOc1ccccc1C(=O)NCc1ccc(OC(C)C)cc1. The summed E-state index contributed by atoms with van der Waals surface area (Å²) in [7, 11) is 0. The maximum Gasteiger partial charge on any atom is 0.255 e. The summed E-state index contributed by atoms with van der Waals surface area (Å²) in [5.74, 6) is 1.36. The van der Waals surface area contributed by atoms with Gasteiger partial charge in [-0.05, 0) is 50.1 Å². The molecule has 4 heteroatoms. The molecule has 2 aromatic carbocycles. The van der Waals surface area contributed by atoms with Gasteiger partial charge >= 0.3 is 0 Å². The lowest BCUT2D eigenvalue weighted by Crippen LogP contribution is -2.23. The van der Waals surface area contributed by atoms with Crippen molar-refractivity contribution in [1.82, 2.24) is 5.32 Å². The molecule has 0 atom stereocenters. The molecule has 1 N–H and O–H groups in total. The summed E-state index contributed by atoms with van der Waals surface area (Å²) in [6.45, 7) is 7.29. The minimum absolute atomic E-state index is 0.123. The number of rotatable bonds is 11. The maximum absolute atomic E-state index is 12.6. The highest BCUT2D eigenvalue weighted by molar-refractivity contribution is 5.96. The van der Waals surface area contributed by atoms with E-state index in [9.17, 15) is 4.79 Å². The van der Waals surface area contributed by atoms with E-state index in [-0.39, 0.29) is 12.0 Å². The van der Waals surface area contributed by atoms with E-state index in [2.05, 4.69) is 12.2 Å². The van der Waals surface area contributed by atoms with Crippen molar-refractivity contribution in [1.29, 1.82) is 0 Å². The fourth-order valence-corrected chi connectivity index (χ4v) is 2.73. The van der Waals surface area contributed by atoms with Gasteiger partial charge in [-0.25, -0.2) is 0 Å². The number of carbonyl (C=O) groups excluding carboxylic acids is 1. The molecule has 27 heavy (non-hydrogen) atoms. The Hall–Kier alpha value is -2.49. The highest BCUT2D eigenvalue weighted by Gasteiger charge is 2.11. The summed E-state index contributed by atoms with van der Waals surface area (Å²) < 4.78 is 11.5. The lowest BCUT2D eigenvalue weighted by atomic mass is 10.1. The van der Waals surface area contributed by atoms with Crippen LogP contribution in [0.2, 0.25) is 0 Å². The van der Waals surface area contributed by atoms with Gasteiger partial charge in [0, 0.05) is 6.54 Å². The fraction of sp³-hybridized carbons (Fsp3) is 0.435. The second-order valence-corrected chi connectivity index (χ2v) is 6.90. The zero-order chi connectivity index (χ0) is 19.5. The molecule has 0 aromatic heterocycles. The second-order valence-electron chi connectivity index (χ2n) is 6.90. The molecule has 0 bridgehead atoms. The highest BCUT2D eigenvalue weighted by atomic mass is 16.5. The summed E-state index contributed by atoms with van der Waals surface area (Å²) in [6.07, 6.45) is 4.72. The van der Waals surface area contributed by atoms with Crippen molar-refractivity contribution in [3.63, 3.8) is 0 Å². The van der Waals surface area contributed by atoms with Crippen LogP contribution in [0, 0.1) is 0 Å². The number of para-hydroxylation sites is 1. The van der Waals surface area contributed by atoms with E-state index in [0.717, 1.165) is 24.2 Å². The van der Waals surface area contributed by atoms with Crippen LogP contribution in [0.15, 0.2) is 48.5 Å². The Morgan fingerprint density at radius 1 is 1.00 bits per heavy atom. The largest absolute Gasteiger partial charge is 0.493 e. The Labute approximate surface area is 162 Å². The molecule has 4 nitrogen and oxygen atoms in total. The zero-order valence-corrected chi connectivity index (χ0v) is 16.7. The second kappa shape index (κ2) is 11.3. The van der Waals surface area contributed by atoms with Crippen molar-refractivity contribution in [3.05, 3.63) is 59.7 Å². The first-order valence-corrected chi connectivity index (χ1v) is 9.85. The van der Waals surface area contributed by atoms with E-state index in [0.29, 0.717) is 24.5 Å². The minimum Gasteiger partial charge on any atom is -0.493 e. The van der Waals surface area contributed by atoms with Gasteiger partial charge in [-0.3, -0.25) is 4.79 Å². The van der Waals surface area contributed by atoms with Gasteiger partial charge in [-0.15, -0.1) is 0 Å². The summed E-state index contributed by atoms with van der Waals surface area (Å²) in [6, 6.07) is 15.2. The third kappa shape index (κ3) is 7.33. The average Bonchev–Trinajstić information content (AvgIpc) is 2.67. The number of carbonyl (C=O) groups is 1. The predicted molar refractivity (Wildman–Crippen MR) is 109 cm³/mol. The maximum atomic E-state index is 12.6. The van der Waals surface area contributed by atoms with Crippen LogP contribution in [0.5, 0.6) is 11.5 Å². The summed E-state index contributed by atoms with van der Waals surface area (Å²) in [5.41, 5.74) is 1.60. The van der Waals surface area contributed by atoms with Crippen molar-refractivity contribution in [2.24, 2.45) is 0 Å². The van der Waals surface area contributed by atoms with Crippen molar-refractivity contribution < 1.29 is 14.3 Å². The van der Waals surface area contributed by atoms with Crippen LogP contribution in [0.4, 0.5) is 0 Å². The number of hydrogen-bond donors (Lipinski definition) is 1. The first-order valence-electron chi connectivity index (χ1n) is 9.85. The molecular formula is C23H31NO3. The molecule has 0 heterocycles. The molecule has 0 radical (unpaired) electrons. The van der Waals surface area contributed by atoms with Gasteiger partial charge in [-0.1, -0.05) is 50.5 Å². The van der Waals surface area contributed by atoms with Crippen molar-refractivity contribution in [2.75, 3.05) is 6.61 Å². The van der Waals surface area contributed by atoms with E-state index < -0.39 is 0 Å². The first-order chi connectivity index (χ1) is 13.1. The quantitative estimate of drug-likeness (QED) is 0.542. The number of benzene rings is 2. The third-order valence-corrected chi connectivity index (χ3v) is 4.14. The van der Waals surface area contributed by atoms with E-state index >= 15 is 0 Å². The van der Waals surface area contributed by atoms with Crippen molar-refractivity contribution in [2.45, 2.75) is 59.1 Å². The van der Waals surface area contributed by atoms with Crippen LogP contribution in [0.1, 0.15) is 62.4 Å². The number of unbranched alkanes of at least 4 members (excludes halogenated alkanes) is 3. The highest BCUT2D eigenvalue weighted by Crippen LogP contribution is 2.19. The van der Waals surface area contributed by atoms with Crippen LogP contribution in [-0.4, -0.2) is 18.6 Å². The molecule has 0 spiro atoms. The van der Waals surface area contributed by atoms with Gasteiger partial charge in [0.15, 0.2) is 0 Å². The Bertz CT molecular complexity index is 695. The minimum atomic E-state index is -0.123. The van der Waals surface area contributed by atoms with E-state index in [4.69, 9.17) is 9.47 Å². The monoisotopic (exact) mass is 369 g/mol. The topological polar surface area (TPSA) is 47.6 Å². The molecule has 0 unspecified atom stereocenters. The summed E-state index contributed by atoms with van der Waals surface area (Å²) in [5, 5.41) is 2.97. The normalized spacial score (nSPS) is 10.7. The first kappa shape index (κ1) is 20.8. The predicted octanol–water partition coefficient (Wildman–Crippen LogP) is 5.36. The van der Waals surface area contributed by atoms with Gasteiger partial charge in [0.05, 0.1) is 18.3 Å². The molecule has 2 rings (SSSR count). The van der Waals surface area contributed by atoms with E-state index in [1.165, 1.54) is 12.8 Å². The number of hydrogen-bond acceptors (Lipinski definition) is 3. The summed E-state index contributed by atoms with van der Waals surface area (Å²) >= 11 is 0. The van der Waals surface area contributed by atoms with Crippen LogP contribution >= 0.6 is 0 Å². The lowest BCUT2D eigenvalue weighted by molar-refractivity contribution is 0.0946. The Morgan fingerprint density at radius 2 is 1.74 bits per heavy atom. The molecule has 0 aliphatic rings. The smallest absolute Gasteiger partial charge is 0.255 e. The van der Waals surface area contributed by atoms with E-state index in [1.54, 1.807) is 6.07 Å². The van der Waals surface area contributed by atoms with Crippen LogP contribution in [-0.2, 0) is 6.54 Å². The molecule has 0 fully saturated rings. The molecule has 0 saturated heterocycles. The fourth-order valence-electron chi connectivity index (χ4n) is 2.73. The molecule has 0 aliphatic carbocycles. The summed E-state index contributed by atoms with van der Waals surface area (Å²) in [4.78, 5) is 12.6. The van der Waals surface area contributed by atoms with Crippen LogP contribution in [0.3, 0.4) is 0 Å². The van der Waals surface area contributed by atoms with Gasteiger partial charge in [-0.2, -0.15) is 0 Å². The average molecular weight is 370 g/mol. The molecule has 0 aliphatic heterocycles. The third-order valence-electron chi connectivity index (χ3n) is 4.14. The van der Waals surface area contributed by atoms with Crippen molar-refractivity contribution in [3.8, 4) is 11.5 Å². The lowest BCUT2D eigenvalue weighted by Gasteiger charge is -2.12. The van der Waals surface area contributed by atoms with E-state index in [1.807, 2.05) is 56.3 Å². The zero-order valence-electron chi connectivity index (χ0n) is 16.7. The Morgan fingerprint density at radius 3 is 2.44 bits per heavy atom.